The minimum atomic E-state index is 0.470. The van der Waals surface area contributed by atoms with E-state index in [4.69, 9.17) is 16.1 Å². The van der Waals surface area contributed by atoms with Crippen LogP contribution in [-0.4, -0.2) is 26.7 Å². The van der Waals surface area contributed by atoms with Gasteiger partial charge in [0.1, 0.15) is 16.8 Å². The molecule has 90 valence electrons. The molecular weight excluding hydrogens is 242 g/mol. The van der Waals surface area contributed by atoms with Crippen molar-refractivity contribution in [3.8, 4) is 0 Å². The first-order chi connectivity index (χ1) is 8.16. The second-order valence-corrected chi connectivity index (χ2v) is 3.91. The van der Waals surface area contributed by atoms with Crippen molar-refractivity contribution in [1.82, 2.24) is 20.1 Å². The Morgan fingerprint density at radius 2 is 2.18 bits per heavy atom. The molecule has 0 unspecified atom stereocenters. The number of hydrogen-bond donors (Lipinski definition) is 1. The Labute approximate surface area is 103 Å². The largest absolute Gasteiger partial charge is 0.369 e. The number of halogens is 1. The van der Waals surface area contributed by atoms with Crippen LogP contribution in [-0.2, 0) is 6.42 Å². The third-order valence-electron chi connectivity index (χ3n) is 2.24. The van der Waals surface area contributed by atoms with Crippen molar-refractivity contribution in [2.45, 2.75) is 20.3 Å². The van der Waals surface area contributed by atoms with E-state index in [1.54, 1.807) is 6.92 Å². The van der Waals surface area contributed by atoms with Gasteiger partial charge in [-0.2, -0.15) is 4.98 Å². The van der Waals surface area contributed by atoms with Gasteiger partial charge in [0.2, 0.25) is 5.89 Å². The molecular formula is C10H12ClN5O. The molecule has 0 saturated carbocycles. The summed E-state index contributed by atoms with van der Waals surface area (Å²) >= 11 is 5.97. The molecule has 2 aromatic rings. The molecule has 2 heterocycles. The summed E-state index contributed by atoms with van der Waals surface area (Å²) in [5.41, 5.74) is 0.836. The zero-order valence-corrected chi connectivity index (χ0v) is 10.3. The molecule has 0 aliphatic rings. The van der Waals surface area contributed by atoms with Gasteiger partial charge in [0.15, 0.2) is 6.33 Å². The second kappa shape index (κ2) is 5.09. The standard InChI is InChI=1S/C10H12ClN5O/c1-6-9(11)15-7(2)16-10(6)12-4-3-8-13-5-14-17-8/h5H,3-4H2,1-2H3,(H,12,15,16). The Balaban J connectivity index is 1.99. The Kier molecular flexibility index (Phi) is 3.53. The number of anilines is 1. The van der Waals surface area contributed by atoms with Crippen molar-refractivity contribution < 1.29 is 4.52 Å². The van der Waals surface area contributed by atoms with Crippen LogP contribution >= 0.6 is 11.6 Å². The number of nitrogens with zero attached hydrogens (tertiary/aromatic N) is 4. The maximum absolute atomic E-state index is 5.97. The molecule has 0 fully saturated rings. The molecule has 7 heteroatoms. The Bertz CT molecular complexity index is 500. The molecule has 0 atom stereocenters. The van der Waals surface area contributed by atoms with Crippen molar-refractivity contribution in [3.05, 3.63) is 28.8 Å². The van der Waals surface area contributed by atoms with Crippen LogP contribution in [0.5, 0.6) is 0 Å². The van der Waals surface area contributed by atoms with E-state index in [1.165, 1.54) is 6.33 Å². The number of rotatable bonds is 4. The summed E-state index contributed by atoms with van der Waals surface area (Å²) < 4.78 is 4.89. The molecule has 17 heavy (non-hydrogen) atoms. The number of aryl methyl sites for hydroxylation is 1. The lowest BCUT2D eigenvalue weighted by Crippen LogP contribution is -2.09. The quantitative estimate of drug-likeness (QED) is 0.837. The minimum absolute atomic E-state index is 0.470. The predicted molar refractivity (Wildman–Crippen MR) is 63.0 cm³/mol. The average molecular weight is 254 g/mol. The minimum Gasteiger partial charge on any atom is -0.369 e. The summed E-state index contributed by atoms with van der Waals surface area (Å²) in [5.74, 6) is 1.97. The second-order valence-electron chi connectivity index (χ2n) is 3.55. The molecule has 0 aliphatic heterocycles. The van der Waals surface area contributed by atoms with Crippen LogP contribution in [0.3, 0.4) is 0 Å². The van der Waals surface area contributed by atoms with Gasteiger partial charge in [-0.25, -0.2) is 9.97 Å². The molecule has 2 rings (SSSR count). The van der Waals surface area contributed by atoms with Crippen LogP contribution in [0.15, 0.2) is 10.9 Å². The van der Waals surface area contributed by atoms with Crippen molar-refractivity contribution in [3.63, 3.8) is 0 Å². The topological polar surface area (TPSA) is 76.7 Å². The van der Waals surface area contributed by atoms with E-state index in [1.807, 2.05) is 6.92 Å². The maximum atomic E-state index is 5.97. The van der Waals surface area contributed by atoms with E-state index in [0.717, 1.165) is 11.4 Å². The van der Waals surface area contributed by atoms with Crippen LogP contribution in [0.4, 0.5) is 5.82 Å². The average Bonchev–Trinajstić information content (AvgIpc) is 2.78. The summed E-state index contributed by atoms with van der Waals surface area (Å²) in [5, 5.41) is 7.17. The highest BCUT2D eigenvalue weighted by Crippen LogP contribution is 2.19. The SMILES string of the molecule is Cc1nc(Cl)c(C)c(NCCc2ncno2)n1. The number of aromatic nitrogens is 4. The molecule has 0 aliphatic carbocycles. The van der Waals surface area contributed by atoms with Crippen LogP contribution in [0.2, 0.25) is 5.15 Å². The number of nitrogens with one attached hydrogen (secondary N) is 1. The summed E-state index contributed by atoms with van der Waals surface area (Å²) in [6.07, 6.45) is 2.02. The molecule has 0 saturated heterocycles. The van der Waals surface area contributed by atoms with Gasteiger partial charge in [-0.15, -0.1) is 0 Å². The van der Waals surface area contributed by atoms with E-state index in [9.17, 15) is 0 Å². The monoisotopic (exact) mass is 253 g/mol. The molecule has 2 aromatic heterocycles. The summed E-state index contributed by atoms with van der Waals surface area (Å²) in [4.78, 5) is 12.3. The Morgan fingerprint density at radius 1 is 1.35 bits per heavy atom. The summed E-state index contributed by atoms with van der Waals surface area (Å²) in [6.45, 7) is 4.32. The summed E-state index contributed by atoms with van der Waals surface area (Å²) in [7, 11) is 0. The molecule has 6 nitrogen and oxygen atoms in total. The van der Waals surface area contributed by atoms with Gasteiger partial charge < -0.3 is 9.84 Å². The molecule has 0 spiro atoms. The lowest BCUT2D eigenvalue weighted by Gasteiger charge is -2.08. The molecule has 0 amide bonds. The first kappa shape index (κ1) is 11.8. The van der Waals surface area contributed by atoms with Crippen LogP contribution in [0.25, 0.3) is 0 Å². The molecule has 0 radical (unpaired) electrons. The Hall–Kier alpha value is -1.69. The predicted octanol–water partition coefficient (Wildman–Crippen LogP) is 1.78. The highest BCUT2D eigenvalue weighted by atomic mass is 35.5. The smallest absolute Gasteiger partial charge is 0.228 e. The maximum Gasteiger partial charge on any atom is 0.228 e. The highest BCUT2D eigenvalue weighted by Gasteiger charge is 2.07. The Morgan fingerprint density at radius 3 is 2.88 bits per heavy atom. The lowest BCUT2D eigenvalue weighted by atomic mass is 10.3. The normalized spacial score (nSPS) is 10.5. The summed E-state index contributed by atoms with van der Waals surface area (Å²) in [6, 6.07) is 0. The van der Waals surface area contributed by atoms with E-state index in [2.05, 4.69) is 25.4 Å². The third-order valence-corrected chi connectivity index (χ3v) is 2.60. The van der Waals surface area contributed by atoms with Gasteiger partial charge in [0, 0.05) is 18.5 Å². The van der Waals surface area contributed by atoms with Crippen molar-refractivity contribution in [2.24, 2.45) is 0 Å². The zero-order chi connectivity index (χ0) is 12.3. The lowest BCUT2D eigenvalue weighted by molar-refractivity contribution is 0.379. The fourth-order valence-corrected chi connectivity index (χ4v) is 1.57. The van der Waals surface area contributed by atoms with E-state index >= 15 is 0 Å². The van der Waals surface area contributed by atoms with Crippen LogP contribution in [0.1, 0.15) is 17.3 Å². The van der Waals surface area contributed by atoms with Gasteiger partial charge in [-0.1, -0.05) is 16.8 Å². The van der Waals surface area contributed by atoms with Gasteiger partial charge in [0.25, 0.3) is 0 Å². The zero-order valence-electron chi connectivity index (χ0n) is 9.57. The highest BCUT2D eigenvalue weighted by molar-refractivity contribution is 6.30. The van der Waals surface area contributed by atoms with Crippen molar-refractivity contribution in [2.75, 3.05) is 11.9 Å². The number of hydrogen-bond acceptors (Lipinski definition) is 6. The van der Waals surface area contributed by atoms with E-state index in [0.29, 0.717) is 29.8 Å². The van der Waals surface area contributed by atoms with Crippen LogP contribution < -0.4 is 5.32 Å². The van der Waals surface area contributed by atoms with Gasteiger partial charge in [0.05, 0.1) is 0 Å². The molecule has 1 N–H and O–H groups in total. The van der Waals surface area contributed by atoms with E-state index in [-0.39, 0.29) is 0 Å². The first-order valence-corrected chi connectivity index (χ1v) is 5.55. The molecule has 0 bridgehead atoms. The molecule has 0 aromatic carbocycles. The van der Waals surface area contributed by atoms with Crippen molar-refractivity contribution >= 4 is 17.4 Å². The van der Waals surface area contributed by atoms with E-state index < -0.39 is 0 Å². The fraction of sp³-hybridized carbons (Fsp3) is 0.400. The third kappa shape index (κ3) is 2.91. The van der Waals surface area contributed by atoms with Gasteiger partial charge in [-0.3, -0.25) is 0 Å². The fourth-order valence-electron chi connectivity index (χ4n) is 1.36. The van der Waals surface area contributed by atoms with Gasteiger partial charge in [-0.05, 0) is 13.8 Å². The van der Waals surface area contributed by atoms with Gasteiger partial charge >= 0.3 is 0 Å². The first-order valence-electron chi connectivity index (χ1n) is 5.17. The van der Waals surface area contributed by atoms with Crippen LogP contribution in [0, 0.1) is 13.8 Å². The van der Waals surface area contributed by atoms with Crippen molar-refractivity contribution in [1.29, 1.82) is 0 Å².